The Morgan fingerprint density at radius 2 is 2.55 bits per heavy atom. The maximum absolute atomic E-state index is 11.0. The van der Waals surface area contributed by atoms with Crippen LogP contribution in [0.4, 0.5) is 0 Å². The third kappa shape index (κ3) is 2.17. The molecule has 0 spiro atoms. The van der Waals surface area contributed by atoms with Gasteiger partial charge in [-0.1, -0.05) is 0 Å². The van der Waals surface area contributed by atoms with Gasteiger partial charge in [0, 0.05) is 13.0 Å². The molecular formula is C7H12NO3. The van der Waals surface area contributed by atoms with Crippen molar-refractivity contribution in [3.63, 3.8) is 0 Å². The van der Waals surface area contributed by atoms with Crippen molar-refractivity contribution in [1.82, 2.24) is 5.32 Å². The van der Waals surface area contributed by atoms with Gasteiger partial charge in [-0.3, -0.25) is 4.79 Å². The van der Waals surface area contributed by atoms with Crippen LogP contribution in [0.15, 0.2) is 0 Å². The minimum absolute atomic E-state index is 0.316. The summed E-state index contributed by atoms with van der Waals surface area (Å²) in [4.78, 5) is 11.0. The van der Waals surface area contributed by atoms with Gasteiger partial charge in [0.2, 0.25) is 0 Å². The fourth-order valence-electron chi connectivity index (χ4n) is 1.06. The van der Waals surface area contributed by atoms with E-state index in [1.165, 1.54) is 0 Å². The largest absolute Gasteiger partial charge is 0.465 e. The second-order valence-corrected chi connectivity index (χ2v) is 2.52. The number of carbonyl (C=O) groups is 1. The lowest BCUT2D eigenvalue weighted by atomic mass is 10.2. The van der Waals surface area contributed by atoms with Gasteiger partial charge in [-0.2, -0.15) is 0 Å². The van der Waals surface area contributed by atoms with Crippen LogP contribution >= 0.6 is 0 Å². The van der Waals surface area contributed by atoms with Gasteiger partial charge >= 0.3 is 5.97 Å². The highest BCUT2D eigenvalue weighted by Gasteiger charge is 2.30. The first-order valence-corrected chi connectivity index (χ1v) is 3.75. The van der Waals surface area contributed by atoms with Crippen LogP contribution in [0.25, 0.3) is 0 Å². The van der Waals surface area contributed by atoms with Gasteiger partial charge in [0.1, 0.15) is 6.04 Å². The molecule has 0 aromatic carbocycles. The van der Waals surface area contributed by atoms with Gasteiger partial charge in [0.15, 0.2) is 0 Å². The molecule has 1 N–H and O–H groups in total. The standard InChI is InChI=1S/C7H12NO3/c1-2-11-7(10)6-3-5(9)4-8-6/h5-6,9H,2-4H2,1H3. The van der Waals surface area contributed by atoms with E-state index in [-0.39, 0.29) is 5.97 Å². The van der Waals surface area contributed by atoms with Crippen molar-refractivity contribution in [2.75, 3.05) is 13.2 Å². The topological polar surface area (TPSA) is 60.6 Å². The van der Waals surface area contributed by atoms with Crippen LogP contribution in [0, 0.1) is 0 Å². The van der Waals surface area contributed by atoms with E-state index >= 15 is 0 Å². The molecule has 2 atom stereocenters. The summed E-state index contributed by atoms with van der Waals surface area (Å²) in [5, 5.41) is 12.9. The average Bonchev–Trinajstić information content (AvgIpc) is 2.36. The Morgan fingerprint density at radius 1 is 1.82 bits per heavy atom. The van der Waals surface area contributed by atoms with E-state index in [2.05, 4.69) is 5.32 Å². The zero-order chi connectivity index (χ0) is 8.27. The molecule has 1 saturated heterocycles. The summed E-state index contributed by atoms with van der Waals surface area (Å²) in [7, 11) is 0. The summed E-state index contributed by atoms with van der Waals surface area (Å²) in [5.41, 5.74) is 0. The number of hydrogen-bond donors (Lipinski definition) is 1. The Balaban J connectivity index is 2.31. The Labute approximate surface area is 65.5 Å². The van der Waals surface area contributed by atoms with Crippen LogP contribution < -0.4 is 5.32 Å². The number of esters is 1. The van der Waals surface area contributed by atoms with Crippen LogP contribution in [-0.2, 0) is 9.53 Å². The van der Waals surface area contributed by atoms with E-state index in [9.17, 15) is 4.79 Å². The van der Waals surface area contributed by atoms with Crippen molar-refractivity contribution in [3.8, 4) is 0 Å². The van der Waals surface area contributed by atoms with E-state index < -0.39 is 12.1 Å². The molecule has 0 aromatic rings. The first-order valence-electron chi connectivity index (χ1n) is 3.75. The first-order chi connectivity index (χ1) is 5.24. The van der Waals surface area contributed by atoms with Crippen LogP contribution in [-0.4, -0.2) is 36.4 Å². The third-order valence-corrected chi connectivity index (χ3v) is 1.59. The highest BCUT2D eigenvalue weighted by molar-refractivity contribution is 5.76. The van der Waals surface area contributed by atoms with Crippen molar-refractivity contribution in [2.24, 2.45) is 0 Å². The molecule has 0 saturated carbocycles. The maximum Gasteiger partial charge on any atom is 0.324 e. The third-order valence-electron chi connectivity index (χ3n) is 1.59. The highest BCUT2D eigenvalue weighted by Crippen LogP contribution is 2.09. The summed E-state index contributed by atoms with van der Waals surface area (Å²) in [6, 6.07) is -0.426. The number of aliphatic hydroxyl groups excluding tert-OH is 1. The normalized spacial score (nSPS) is 30.4. The van der Waals surface area contributed by atoms with Crippen LogP contribution in [0.1, 0.15) is 13.3 Å². The van der Waals surface area contributed by atoms with Gasteiger partial charge in [0.25, 0.3) is 0 Å². The molecule has 1 aliphatic rings. The van der Waals surface area contributed by atoms with Gasteiger partial charge in [-0.05, 0) is 6.92 Å². The van der Waals surface area contributed by atoms with Crippen molar-refractivity contribution in [3.05, 3.63) is 0 Å². The van der Waals surface area contributed by atoms with E-state index in [4.69, 9.17) is 9.84 Å². The molecule has 1 rings (SSSR count). The van der Waals surface area contributed by atoms with Crippen molar-refractivity contribution in [2.45, 2.75) is 25.5 Å². The number of nitrogens with zero attached hydrogens (tertiary/aromatic N) is 1. The predicted molar refractivity (Wildman–Crippen MR) is 38.0 cm³/mol. The Kier molecular flexibility index (Phi) is 2.84. The van der Waals surface area contributed by atoms with Crippen LogP contribution in [0.5, 0.6) is 0 Å². The second-order valence-electron chi connectivity index (χ2n) is 2.52. The first kappa shape index (κ1) is 8.49. The fourth-order valence-corrected chi connectivity index (χ4v) is 1.06. The lowest BCUT2D eigenvalue weighted by Crippen LogP contribution is -2.27. The van der Waals surface area contributed by atoms with Crippen molar-refractivity contribution in [1.29, 1.82) is 0 Å². The Morgan fingerprint density at radius 3 is 3.00 bits per heavy atom. The van der Waals surface area contributed by atoms with E-state index in [1.54, 1.807) is 6.92 Å². The maximum atomic E-state index is 11.0. The molecule has 0 amide bonds. The zero-order valence-electron chi connectivity index (χ0n) is 6.49. The predicted octanol–water partition coefficient (Wildman–Crippen LogP) is -0.713. The number of ether oxygens (including phenoxy) is 1. The molecule has 63 valence electrons. The molecule has 2 unspecified atom stereocenters. The summed E-state index contributed by atoms with van der Waals surface area (Å²) in [6.07, 6.45) is -0.0387. The van der Waals surface area contributed by atoms with Crippen LogP contribution in [0.3, 0.4) is 0 Å². The molecule has 1 heterocycles. The molecule has 4 nitrogen and oxygen atoms in total. The molecule has 1 radical (unpaired) electrons. The number of hydrogen-bond acceptors (Lipinski definition) is 3. The van der Waals surface area contributed by atoms with E-state index in [0.717, 1.165) is 0 Å². The summed E-state index contributed by atoms with van der Waals surface area (Å²) < 4.78 is 4.73. The molecule has 0 bridgehead atoms. The van der Waals surface area contributed by atoms with Crippen LogP contribution in [0.2, 0.25) is 0 Å². The average molecular weight is 158 g/mol. The monoisotopic (exact) mass is 158 g/mol. The number of rotatable bonds is 2. The highest BCUT2D eigenvalue weighted by atomic mass is 16.5. The van der Waals surface area contributed by atoms with Gasteiger partial charge in [-0.15, -0.1) is 0 Å². The number of carbonyl (C=O) groups excluding carboxylic acids is 1. The van der Waals surface area contributed by atoms with Gasteiger partial charge in [-0.25, -0.2) is 5.32 Å². The quantitative estimate of drug-likeness (QED) is 0.540. The SMILES string of the molecule is CCOC(=O)C1CC(O)C[N]1. The smallest absolute Gasteiger partial charge is 0.324 e. The summed E-state index contributed by atoms with van der Waals surface area (Å²) in [6.45, 7) is 2.49. The minimum atomic E-state index is -0.454. The number of aliphatic hydroxyl groups is 1. The Bertz CT molecular complexity index is 149. The molecule has 0 aliphatic carbocycles. The van der Waals surface area contributed by atoms with Crippen molar-refractivity contribution < 1.29 is 14.6 Å². The molecule has 1 fully saturated rings. The zero-order valence-corrected chi connectivity index (χ0v) is 6.49. The molecule has 1 aliphatic heterocycles. The molecule has 11 heavy (non-hydrogen) atoms. The van der Waals surface area contributed by atoms with Gasteiger partial charge in [0.05, 0.1) is 12.7 Å². The molecular weight excluding hydrogens is 146 g/mol. The van der Waals surface area contributed by atoms with Gasteiger partial charge < -0.3 is 9.84 Å². The molecule has 4 heteroatoms. The lowest BCUT2D eigenvalue weighted by molar-refractivity contribution is -0.145. The van der Waals surface area contributed by atoms with E-state index in [0.29, 0.717) is 19.6 Å². The summed E-state index contributed by atoms with van der Waals surface area (Å²) in [5.74, 6) is -0.316. The van der Waals surface area contributed by atoms with Crippen molar-refractivity contribution >= 4 is 5.97 Å². The molecule has 0 aromatic heterocycles. The van der Waals surface area contributed by atoms with E-state index in [1.807, 2.05) is 0 Å². The Hall–Kier alpha value is -0.610. The minimum Gasteiger partial charge on any atom is -0.465 e. The lowest BCUT2D eigenvalue weighted by Gasteiger charge is -2.06. The second kappa shape index (κ2) is 3.69. The fraction of sp³-hybridized carbons (Fsp3) is 0.857. The summed E-state index contributed by atoms with van der Waals surface area (Å²) >= 11 is 0.